The molecule has 1 fully saturated rings. The number of hydrogen-bond acceptors (Lipinski definition) is 4. The number of anilines is 1. The highest BCUT2D eigenvalue weighted by Crippen LogP contribution is 2.33. The number of sulfone groups is 1. The second-order valence-corrected chi connectivity index (χ2v) is 7.80. The van der Waals surface area contributed by atoms with Crippen molar-refractivity contribution in [2.45, 2.75) is 31.7 Å². The molecule has 0 bridgehead atoms. The van der Waals surface area contributed by atoms with Gasteiger partial charge in [-0.25, -0.2) is 8.42 Å². The van der Waals surface area contributed by atoms with Crippen molar-refractivity contribution in [3.63, 3.8) is 0 Å². The van der Waals surface area contributed by atoms with E-state index in [4.69, 9.17) is 5.73 Å². The van der Waals surface area contributed by atoms with Crippen molar-refractivity contribution in [1.29, 1.82) is 0 Å². The minimum absolute atomic E-state index is 0.176. The summed E-state index contributed by atoms with van der Waals surface area (Å²) in [5.41, 5.74) is 6.63. The van der Waals surface area contributed by atoms with Crippen molar-refractivity contribution < 1.29 is 8.42 Å². The molecule has 2 rings (SSSR count). The third kappa shape index (κ3) is 3.15. The van der Waals surface area contributed by atoms with E-state index in [9.17, 15) is 8.42 Å². The molecule has 0 spiro atoms. The molecule has 0 amide bonds. The first-order valence-corrected chi connectivity index (χ1v) is 9.08. The Labute approximate surface area is 121 Å². The Morgan fingerprint density at radius 3 is 2.50 bits per heavy atom. The molecule has 2 N–H and O–H groups in total. The van der Waals surface area contributed by atoms with Gasteiger partial charge in [0.05, 0.1) is 17.0 Å². The molecule has 1 aliphatic rings. The summed E-state index contributed by atoms with van der Waals surface area (Å²) in [4.78, 5) is 2.22. The normalized spacial score (nSPS) is 24.7. The lowest BCUT2D eigenvalue weighted by Gasteiger charge is -2.41. The summed E-state index contributed by atoms with van der Waals surface area (Å²) >= 11 is 0. The summed E-state index contributed by atoms with van der Waals surface area (Å²) in [5.74, 6) is 0.425. The second kappa shape index (κ2) is 6.14. The van der Waals surface area contributed by atoms with Crippen LogP contribution in [0.4, 0.5) is 5.69 Å². The van der Waals surface area contributed by atoms with Crippen molar-refractivity contribution in [2.24, 2.45) is 5.73 Å². The first kappa shape index (κ1) is 15.3. The fourth-order valence-electron chi connectivity index (χ4n) is 2.95. The molecule has 0 radical (unpaired) electrons. The van der Waals surface area contributed by atoms with Crippen LogP contribution in [-0.4, -0.2) is 38.6 Å². The maximum atomic E-state index is 11.9. The molecule has 0 saturated carbocycles. The predicted octanol–water partition coefficient (Wildman–Crippen LogP) is 1.81. The lowest BCUT2D eigenvalue weighted by molar-refractivity contribution is 0.433. The number of hydrogen-bond donors (Lipinski definition) is 1. The number of nitrogens with zero attached hydrogens (tertiary/aromatic N) is 1. The van der Waals surface area contributed by atoms with Crippen molar-refractivity contribution in [3.05, 3.63) is 30.3 Å². The Hall–Kier alpha value is -1.07. The molecule has 1 saturated heterocycles. The zero-order valence-electron chi connectivity index (χ0n) is 12.1. The van der Waals surface area contributed by atoms with E-state index in [0.717, 1.165) is 25.1 Å². The van der Waals surface area contributed by atoms with Crippen LogP contribution >= 0.6 is 0 Å². The molecule has 112 valence electrons. The molecule has 1 aromatic rings. The molecular weight excluding hydrogens is 272 g/mol. The van der Waals surface area contributed by atoms with Crippen LogP contribution < -0.4 is 10.6 Å². The van der Waals surface area contributed by atoms with Crippen LogP contribution in [0.15, 0.2) is 30.3 Å². The predicted molar refractivity (Wildman–Crippen MR) is 83.8 cm³/mol. The van der Waals surface area contributed by atoms with E-state index in [1.807, 2.05) is 30.3 Å². The van der Waals surface area contributed by atoms with Crippen LogP contribution in [0.1, 0.15) is 26.2 Å². The van der Waals surface area contributed by atoms with Gasteiger partial charge in [0.15, 0.2) is 9.84 Å². The Morgan fingerprint density at radius 1 is 1.30 bits per heavy atom. The maximum Gasteiger partial charge on any atom is 0.152 e. The van der Waals surface area contributed by atoms with E-state index in [1.54, 1.807) is 0 Å². The Morgan fingerprint density at radius 2 is 2.00 bits per heavy atom. The molecular formula is C15H24N2O2S. The van der Waals surface area contributed by atoms with E-state index in [0.29, 0.717) is 13.0 Å². The SMILES string of the molecule is CCCCN(c1ccccc1)C1(CN)CCS(=O)(=O)C1. The van der Waals surface area contributed by atoms with Gasteiger partial charge in [-0.2, -0.15) is 0 Å². The Balaban J connectivity index is 2.34. The second-order valence-electron chi connectivity index (χ2n) is 5.61. The number of benzene rings is 1. The van der Waals surface area contributed by atoms with Gasteiger partial charge in [0.25, 0.3) is 0 Å². The molecule has 1 atom stereocenters. The van der Waals surface area contributed by atoms with Crippen LogP contribution in [0.2, 0.25) is 0 Å². The standard InChI is InChI=1S/C15H24N2O2S/c1-2-3-10-17(14-7-5-4-6-8-14)15(12-16)9-11-20(18,19)13-15/h4-8H,2-3,9-13,16H2,1H3. The molecule has 1 aromatic carbocycles. The van der Waals surface area contributed by atoms with Gasteiger partial charge in [-0.3, -0.25) is 0 Å². The zero-order valence-corrected chi connectivity index (χ0v) is 12.9. The molecule has 20 heavy (non-hydrogen) atoms. The van der Waals surface area contributed by atoms with Crippen molar-refractivity contribution in [2.75, 3.05) is 29.5 Å². The summed E-state index contributed by atoms with van der Waals surface area (Å²) in [5, 5.41) is 0. The third-order valence-electron chi connectivity index (χ3n) is 4.12. The lowest BCUT2D eigenvalue weighted by Crippen LogP contribution is -2.55. The van der Waals surface area contributed by atoms with Crippen molar-refractivity contribution >= 4 is 15.5 Å². The average molecular weight is 296 g/mol. The van der Waals surface area contributed by atoms with Crippen LogP contribution in [-0.2, 0) is 9.84 Å². The molecule has 1 aliphatic heterocycles. The molecule has 1 heterocycles. The van der Waals surface area contributed by atoms with Gasteiger partial charge in [0, 0.05) is 18.8 Å². The minimum Gasteiger partial charge on any atom is -0.364 e. The van der Waals surface area contributed by atoms with Gasteiger partial charge < -0.3 is 10.6 Å². The van der Waals surface area contributed by atoms with Crippen molar-refractivity contribution in [3.8, 4) is 0 Å². The van der Waals surface area contributed by atoms with Crippen LogP contribution in [0.3, 0.4) is 0 Å². The number of unbranched alkanes of at least 4 members (excludes halogenated alkanes) is 1. The van der Waals surface area contributed by atoms with Gasteiger partial charge in [-0.05, 0) is 25.0 Å². The van der Waals surface area contributed by atoms with Gasteiger partial charge in [0.2, 0.25) is 0 Å². The summed E-state index contributed by atoms with van der Waals surface area (Å²) in [6, 6.07) is 10.0. The van der Waals surface area contributed by atoms with Crippen LogP contribution in [0, 0.1) is 0 Å². The quantitative estimate of drug-likeness (QED) is 0.869. The first-order chi connectivity index (χ1) is 9.53. The molecule has 0 aliphatic carbocycles. The monoisotopic (exact) mass is 296 g/mol. The smallest absolute Gasteiger partial charge is 0.152 e. The van der Waals surface area contributed by atoms with E-state index < -0.39 is 15.4 Å². The minimum atomic E-state index is -2.97. The highest BCUT2D eigenvalue weighted by Gasteiger charge is 2.45. The molecule has 4 nitrogen and oxygen atoms in total. The average Bonchev–Trinajstić information content (AvgIpc) is 2.77. The van der Waals surface area contributed by atoms with E-state index >= 15 is 0 Å². The summed E-state index contributed by atoms with van der Waals surface area (Å²) in [6.45, 7) is 3.38. The van der Waals surface area contributed by atoms with E-state index in [1.165, 1.54) is 0 Å². The van der Waals surface area contributed by atoms with E-state index in [-0.39, 0.29) is 11.5 Å². The first-order valence-electron chi connectivity index (χ1n) is 7.26. The highest BCUT2D eigenvalue weighted by atomic mass is 32.2. The summed E-state index contributed by atoms with van der Waals surface area (Å²) < 4.78 is 23.9. The Bertz CT molecular complexity index is 530. The molecule has 5 heteroatoms. The molecule has 1 unspecified atom stereocenters. The number of rotatable bonds is 6. The van der Waals surface area contributed by atoms with E-state index in [2.05, 4.69) is 11.8 Å². The van der Waals surface area contributed by atoms with Gasteiger partial charge in [0.1, 0.15) is 0 Å². The summed E-state index contributed by atoms with van der Waals surface area (Å²) in [7, 11) is -2.97. The van der Waals surface area contributed by atoms with Gasteiger partial charge >= 0.3 is 0 Å². The van der Waals surface area contributed by atoms with Gasteiger partial charge in [-0.15, -0.1) is 0 Å². The van der Waals surface area contributed by atoms with Gasteiger partial charge in [-0.1, -0.05) is 31.5 Å². The number of nitrogens with two attached hydrogens (primary N) is 1. The van der Waals surface area contributed by atoms with Crippen LogP contribution in [0.5, 0.6) is 0 Å². The third-order valence-corrected chi connectivity index (χ3v) is 5.93. The number of para-hydroxylation sites is 1. The largest absolute Gasteiger partial charge is 0.364 e. The van der Waals surface area contributed by atoms with Crippen LogP contribution in [0.25, 0.3) is 0 Å². The molecule has 0 aromatic heterocycles. The fraction of sp³-hybridized carbons (Fsp3) is 0.600. The topological polar surface area (TPSA) is 63.4 Å². The maximum absolute atomic E-state index is 11.9. The zero-order chi connectivity index (χ0) is 14.6. The Kier molecular flexibility index (Phi) is 4.70. The van der Waals surface area contributed by atoms with Crippen molar-refractivity contribution in [1.82, 2.24) is 0 Å². The summed E-state index contributed by atoms with van der Waals surface area (Å²) in [6.07, 6.45) is 2.75. The highest BCUT2D eigenvalue weighted by molar-refractivity contribution is 7.91. The fourth-order valence-corrected chi connectivity index (χ4v) is 5.02. The lowest BCUT2D eigenvalue weighted by atomic mass is 9.95.